The van der Waals surface area contributed by atoms with Crippen molar-refractivity contribution in [3.05, 3.63) is 64.2 Å². The number of benzene rings is 2. The van der Waals surface area contributed by atoms with E-state index in [0.717, 1.165) is 21.6 Å². The molecule has 194 valence electrons. The highest BCUT2D eigenvalue weighted by Gasteiger charge is 2.46. The van der Waals surface area contributed by atoms with Gasteiger partial charge in [-0.2, -0.15) is 0 Å². The molecule has 4 amide bonds. The molecule has 0 aromatic heterocycles. The van der Waals surface area contributed by atoms with Crippen molar-refractivity contribution in [3.8, 4) is 0 Å². The Morgan fingerprint density at radius 1 is 1.14 bits per heavy atom. The van der Waals surface area contributed by atoms with Crippen LogP contribution in [0.2, 0.25) is 5.02 Å². The van der Waals surface area contributed by atoms with E-state index >= 15 is 0 Å². The van der Waals surface area contributed by atoms with E-state index in [0.29, 0.717) is 17.1 Å². The summed E-state index contributed by atoms with van der Waals surface area (Å²) in [5.74, 6) is -1.89. The van der Waals surface area contributed by atoms with Gasteiger partial charge in [0.15, 0.2) is 0 Å². The minimum absolute atomic E-state index is 0.0816. The predicted molar refractivity (Wildman–Crippen MR) is 139 cm³/mol. The van der Waals surface area contributed by atoms with E-state index < -0.39 is 41.1 Å². The molecular weight excluding hydrogens is 494 g/mol. The Morgan fingerprint density at radius 2 is 1.89 bits per heavy atom. The van der Waals surface area contributed by atoms with E-state index in [4.69, 9.17) is 11.6 Å². The number of hydrogen-bond acceptors (Lipinski definition) is 6. The number of piperidine rings is 1. The van der Waals surface area contributed by atoms with E-state index in [1.807, 2.05) is 57.2 Å². The molecule has 2 atom stereocenters. The normalized spacial score (nSPS) is 20.3. The summed E-state index contributed by atoms with van der Waals surface area (Å²) >= 11 is 6.20. The van der Waals surface area contributed by atoms with Crippen molar-refractivity contribution in [2.24, 2.45) is 0 Å². The van der Waals surface area contributed by atoms with Gasteiger partial charge < -0.3 is 5.32 Å². The average Bonchev–Trinajstić information content (AvgIpc) is 3.09. The Morgan fingerprint density at radius 3 is 2.59 bits per heavy atom. The summed E-state index contributed by atoms with van der Waals surface area (Å²) in [5.41, 5.74) is 2.91. The SMILES string of the molecule is Cc1ccc(CC(=O)CC(C)(C)c2cccc(NC3CC(=O)N(C4CCC(=O)NC4=O)C3=O)c2)cc1Cl. The van der Waals surface area contributed by atoms with Crippen LogP contribution in [0.15, 0.2) is 42.5 Å². The first-order valence-corrected chi connectivity index (χ1v) is 12.7. The first-order chi connectivity index (χ1) is 17.4. The summed E-state index contributed by atoms with van der Waals surface area (Å²) in [6.07, 6.45) is 0.726. The van der Waals surface area contributed by atoms with Gasteiger partial charge in [0, 0.05) is 30.0 Å². The maximum atomic E-state index is 13.0. The smallest absolute Gasteiger partial charge is 0.252 e. The number of imide groups is 2. The van der Waals surface area contributed by atoms with Crippen LogP contribution in [0, 0.1) is 6.92 Å². The molecule has 2 aliphatic rings. The molecule has 2 saturated heterocycles. The summed E-state index contributed by atoms with van der Waals surface area (Å²) in [4.78, 5) is 63.1. The predicted octanol–water partition coefficient (Wildman–Crippen LogP) is 3.47. The van der Waals surface area contributed by atoms with Gasteiger partial charge in [-0.15, -0.1) is 0 Å². The van der Waals surface area contributed by atoms with Crippen LogP contribution in [0.1, 0.15) is 56.2 Å². The molecule has 9 heteroatoms. The van der Waals surface area contributed by atoms with Crippen molar-refractivity contribution in [1.29, 1.82) is 0 Å². The Bertz CT molecular complexity index is 1290. The average molecular weight is 524 g/mol. The zero-order valence-corrected chi connectivity index (χ0v) is 21.9. The Balaban J connectivity index is 1.42. The van der Waals surface area contributed by atoms with Crippen molar-refractivity contribution in [2.75, 3.05) is 5.32 Å². The van der Waals surface area contributed by atoms with Gasteiger partial charge in [0.05, 0.1) is 6.42 Å². The van der Waals surface area contributed by atoms with Gasteiger partial charge in [-0.05, 0) is 53.6 Å². The minimum Gasteiger partial charge on any atom is -0.373 e. The second-order valence-electron chi connectivity index (χ2n) is 10.4. The highest BCUT2D eigenvalue weighted by molar-refractivity contribution is 6.31. The van der Waals surface area contributed by atoms with Crippen LogP contribution in [0.4, 0.5) is 5.69 Å². The number of rotatable bonds is 8. The standard InChI is InChI=1S/C28H30ClN3O5/c1-16-7-8-17(12-21(16)29)11-20(33)15-28(2,3)18-5-4-6-19(13-18)30-22-14-25(35)32(27(22)37)23-9-10-24(34)31-26(23)36/h4-8,12-13,22-23,30H,9-11,14-15H2,1-3H3,(H,31,34,36). The Hall–Kier alpha value is -3.52. The third kappa shape index (κ3) is 5.91. The Labute approximate surface area is 220 Å². The van der Waals surface area contributed by atoms with Crippen LogP contribution >= 0.6 is 11.6 Å². The molecule has 37 heavy (non-hydrogen) atoms. The second kappa shape index (κ2) is 10.5. The Kier molecular flexibility index (Phi) is 7.50. The maximum Gasteiger partial charge on any atom is 0.252 e. The molecule has 2 heterocycles. The number of ketones is 1. The van der Waals surface area contributed by atoms with Gasteiger partial charge >= 0.3 is 0 Å². The molecule has 2 aliphatic heterocycles. The molecule has 2 aromatic carbocycles. The molecule has 2 fully saturated rings. The number of hydrogen-bond donors (Lipinski definition) is 2. The molecule has 0 radical (unpaired) electrons. The third-order valence-electron chi connectivity index (χ3n) is 6.97. The zero-order chi connectivity index (χ0) is 26.9. The maximum absolute atomic E-state index is 13.0. The first kappa shape index (κ1) is 26.5. The van der Waals surface area contributed by atoms with E-state index in [1.165, 1.54) is 0 Å². The molecule has 0 spiro atoms. The lowest BCUT2D eigenvalue weighted by molar-refractivity contribution is -0.150. The van der Waals surface area contributed by atoms with Gasteiger partial charge in [0.25, 0.3) is 5.91 Å². The number of likely N-dealkylation sites (tertiary alicyclic amines) is 1. The fraction of sp³-hybridized carbons (Fsp3) is 0.393. The quantitative estimate of drug-likeness (QED) is 0.512. The molecular formula is C28H30ClN3O5. The summed E-state index contributed by atoms with van der Waals surface area (Å²) < 4.78 is 0. The van der Waals surface area contributed by atoms with Crippen LogP contribution in [0.3, 0.4) is 0 Å². The van der Waals surface area contributed by atoms with E-state index in [1.54, 1.807) is 6.07 Å². The zero-order valence-electron chi connectivity index (χ0n) is 21.1. The molecule has 4 rings (SSSR count). The van der Waals surface area contributed by atoms with E-state index in [2.05, 4.69) is 10.6 Å². The van der Waals surface area contributed by atoms with Crippen molar-refractivity contribution >= 4 is 46.7 Å². The molecule has 0 bridgehead atoms. The van der Waals surface area contributed by atoms with Crippen LogP contribution in [-0.4, -0.2) is 46.4 Å². The molecule has 2 aromatic rings. The fourth-order valence-electron chi connectivity index (χ4n) is 4.88. The van der Waals surface area contributed by atoms with Crippen LogP contribution in [0.25, 0.3) is 0 Å². The number of amides is 4. The van der Waals surface area contributed by atoms with Crippen molar-refractivity contribution in [1.82, 2.24) is 10.2 Å². The highest BCUT2D eigenvalue weighted by atomic mass is 35.5. The highest BCUT2D eigenvalue weighted by Crippen LogP contribution is 2.31. The number of nitrogens with one attached hydrogen (secondary N) is 2. The van der Waals surface area contributed by atoms with E-state index in [9.17, 15) is 24.0 Å². The summed E-state index contributed by atoms with van der Waals surface area (Å²) in [6, 6.07) is 11.3. The fourth-order valence-corrected chi connectivity index (χ4v) is 5.09. The third-order valence-corrected chi connectivity index (χ3v) is 7.37. The number of carbonyl (C=O) groups is 5. The van der Waals surface area contributed by atoms with Crippen molar-refractivity contribution in [3.63, 3.8) is 0 Å². The molecule has 2 unspecified atom stereocenters. The number of carbonyl (C=O) groups excluding carboxylic acids is 5. The van der Waals surface area contributed by atoms with Gasteiger partial charge in [-0.25, -0.2) is 0 Å². The summed E-state index contributed by atoms with van der Waals surface area (Å²) in [7, 11) is 0. The molecule has 0 saturated carbocycles. The largest absolute Gasteiger partial charge is 0.373 e. The lowest BCUT2D eigenvalue weighted by atomic mass is 9.79. The van der Waals surface area contributed by atoms with Crippen molar-refractivity contribution in [2.45, 2.75) is 70.4 Å². The first-order valence-electron chi connectivity index (χ1n) is 12.3. The van der Waals surface area contributed by atoms with Crippen molar-refractivity contribution < 1.29 is 24.0 Å². The summed E-state index contributed by atoms with van der Waals surface area (Å²) in [5, 5.41) is 5.95. The van der Waals surface area contributed by atoms with Gasteiger partial charge in [-0.1, -0.05) is 49.7 Å². The lowest BCUT2D eigenvalue weighted by Gasteiger charge is -2.28. The van der Waals surface area contributed by atoms with Gasteiger partial charge in [0.2, 0.25) is 17.7 Å². The number of Topliss-reactive ketones (excluding diaryl/α,β-unsaturated/α-hetero) is 1. The van der Waals surface area contributed by atoms with Gasteiger partial charge in [-0.3, -0.25) is 34.2 Å². The number of nitrogens with zero attached hydrogens (tertiary/aromatic N) is 1. The second-order valence-corrected chi connectivity index (χ2v) is 10.8. The monoisotopic (exact) mass is 523 g/mol. The number of aryl methyl sites for hydroxylation is 1. The van der Waals surface area contributed by atoms with Gasteiger partial charge in [0.1, 0.15) is 17.9 Å². The molecule has 8 nitrogen and oxygen atoms in total. The molecule has 2 N–H and O–H groups in total. The van der Waals surface area contributed by atoms with Crippen LogP contribution in [0.5, 0.6) is 0 Å². The summed E-state index contributed by atoms with van der Waals surface area (Å²) in [6.45, 7) is 5.89. The minimum atomic E-state index is -0.968. The lowest BCUT2D eigenvalue weighted by Crippen LogP contribution is -2.54. The number of anilines is 1. The van der Waals surface area contributed by atoms with Crippen LogP contribution in [-0.2, 0) is 35.8 Å². The topological polar surface area (TPSA) is 113 Å². The van der Waals surface area contributed by atoms with E-state index in [-0.39, 0.29) is 31.5 Å². The van der Waals surface area contributed by atoms with Crippen LogP contribution < -0.4 is 10.6 Å². The number of halogens is 1. The molecule has 0 aliphatic carbocycles.